The first-order valence-corrected chi connectivity index (χ1v) is 15.3. The summed E-state index contributed by atoms with van der Waals surface area (Å²) in [6, 6.07) is 27.8. The minimum atomic E-state index is -0.123. The Labute approximate surface area is 257 Å². The first-order chi connectivity index (χ1) is 20.8. The van der Waals surface area contributed by atoms with Gasteiger partial charge in [-0.3, -0.25) is 9.59 Å². The van der Waals surface area contributed by atoms with Gasteiger partial charge in [0.15, 0.2) is 5.11 Å². The lowest BCUT2D eigenvalue weighted by molar-refractivity contribution is 0.0954. The van der Waals surface area contributed by atoms with Gasteiger partial charge in [-0.25, -0.2) is 0 Å². The van der Waals surface area contributed by atoms with Gasteiger partial charge in [-0.2, -0.15) is 0 Å². The second kappa shape index (κ2) is 12.4. The lowest BCUT2D eigenvalue weighted by Gasteiger charge is -2.44. The maximum atomic E-state index is 13.2. The highest BCUT2D eigenvalue weighted by Gasteiger charge is 2.35. The lowest BCUT2D eigenvalue weighted by Crippen LogP contribution is -2.47. The van der Waals surface area contributed by atoms with Crippen molar-refractivity contribution in [3.8, 4) is 0 Å². The van der Waals surface area contributed by atoms with Crippen LogP contribution in [0.25, 0.3) is 0 Å². The predicted molar refractivity (Wildman–Crippen MR) is 178 cm³/mol. The fourth-order valence-electron chi connectivity index (χ4n) is 6.54. The van der Waals surface area contributed by atoms with Gasteiger partial charge in [-0.15, -0.1) is 0 Å². The Balaban J connectivity index is 1.25. The number of nitrogens with zero attached hydrogens (tertiary/aromatic N) is 2. The Morgan fingerprint density at radius 3 is 2.47 bits per heavy atom. The second-order valence-corrected chi connectivity index (χ2v) is 12.2. The van der Waals surface area contributed by atoms with Crippen molar-refractivity contribution < 1.29 is 4.79 Å². The molecular weight excluding hydrogens is 554 g/mol. The topological polar surface area (TPSA) is 78.4 Å². The zero-order valence-corrected chi connectivity index (χ0v) is 25.4. The van der Waals surface area contributed by atoms with E-state index >= 15 is 0 Å². The van der Waals surface area contributed by atoms with Crippen molar-refractivity contribution >= 4 is 40.3 Å². The molecule has 43 heavy (non-hydrogen) atoms. The molecule has 2 aliphatic rings. The largest absolute Gasteiger partial charge is 0.369 e. The third kappa shape index (κ3) is 6.65. The number of hydrogen-bond acceptors (Lipinski definition) is 4. The van der Waals surface area contributed by atoms with Crippen LogP contribution in [0.3, 0.4) is 0 Å². The van der Waals surface area contributed by atoms with Crippen molar-refractivity contribution in [3.05, 3.63) is 123 Å². The molecule has 0 aliphatic carbocycles. The molecule has 1 saturated heterocycles. The van der Waals surface area contributed by atoms with Gasteiger partial charge in [0.2, 0.25) is 0 Å². The summed E-state index contributed by atoms with van der Waals surface area (Å²) in [5.41, 5.74) is 7.93. The Hall–Kier alpha value is -4.43. The SMILES string of the molecule is Cc1cc(C)cc(NC(=S)Nc2cc(C(=O)NCCc3ccccc3)ccc2N2CC3CC(C2)c2cccc(=O)n2C3)c1. The van der Waals surface area contributed by atoms with E-state index in [9.17, 15) is 9.59 Å². The maximum absolute atomic E-state index is 13.2. The molecule has 3 aromatic carbocycles. The van der Waals surface area contributed by atoms with Gasteiger partial charge in [0.05, 0.1) is 11.4 Å². The Morgan fingerprint density at radius 2 is 1.67 bits per heavy atom. The number of amides is 1. The van der Waals surface area contributed by atoms with Gasteiger partial charge < -0.3 is 25.4 Å². The number of nitrogens with one attached hydrogen (secondary N) is 3. The quantitative estimate of drug-likeness (QED) is 0.234. The maximum Gasteiger partial charge on any atom is 0.251 e. The van der Waals surface area contributed by atoms with Crippen LogP contribution in [0.5, 0.6) is 0 Å². The molecule has 0 saturated carbocycles. The molecule has 3 N–H and O–H groups in total. The number of fused-ring (bicyclic) bond motifs is 4. The summed E-state index contributed by atoms with van der Waals surface area (Å²) in [7, 11) is 0. The Morgan fingerprint density at radius 1 is 0.884 bits per heavy atom. The average molecular weight is 592 g/mol. The van der Waals surface area contributed by atoms with Crippen LogP contribution in [0.1, 0.15) is 45.1 Å². The van der Waals surface area contributed by atoms with Crippen LogP contribution < -0.4 is 26.4 Å². The molecule has 3 heterocycles. The Bertz CT molecular complexity index is 1700. The fourth-order valence-corrected chi connectivity index (χ4v) is 6.77. The van der Waals surface area contributed by atoms with Crippen molar-refractivity contribution in [2.75, 3.05) is 35.2 Å². The molecule has 8 heteroatoms. The van der Waals surface area contributed by atoms with Gasteiger partial charge >= 0.3 is 0 Å². The van der Waals surface area contributed by atoms with Crippen LogP contribution in [0.4, 0.5) is 17.1 Å². The number of rotatable bonds is 7. The first-order valence-electron chi connectivity index (χ1n) is 14.9. The number of thiocarbonyl (C=S) groups is 1. The normalized spacial score (nSPS) is 17.1. The molecule has 2 unspecified atom stereocenters. The molecule has 4 aromatic rings. The van der Waals surface area contributed by atoms with Crippen molar-refractivity contribution in [1.82, 2.24) is 9.88 Å². The van der Waals surface area contributed by atoms with Gasteiger partial charge in [0.25, 0.3) is 11.5 Å². The van der Waals surface area contributed by atoms with Crippen molar-refractivity contribution in [1.29, 1.82) is 0 Å². The number of pyridine rings is 1. The number of carbonyl (C=O) groups is 1. The molecule has 0 spiro atoms. The summed E-state index contributed by atoms with van der Waals surface area (Å²) in [6.45, 7) is 7.01. The van der Waals surface area contributed by atoms with E-state index in [0.29, 0.717) is 23.1 Å². The summed E-state index contributed by atoms with van der Waals surface area (Å²) in [4.78, 5) is 28.1. The average Bonchev–Trinajstić information content (AvgIpc) is 2.97. The number of piperidine rings is 1. The fraction of sp³-hybridized carbons (Fsp3) is 0.286. The van der Waals surface area contributed by atoms with Crippen LogP contribution in [-0.2, 0) is 13.0 Å². The molecule has 6 rings (SSSR count). The predicted octanol–water partition coefficient (Wildman–Crippen LogP) is 5.87. The van der Waals surface area contributed by atoms with E-state index in [2.05, 4.69) is 71.1 Å². The number of carbonyl (C=O) groups excluding carboxylic acids is 1. The molecule has 1 amide bonds. The van der Waals surface area contributed by atoms with Crippen LogP contribution in [0, 0.1) is 19.8 Å². The molecule has 2 bridgehead atoms. The molecule has 7 nitrogen and oxygen atoms in total. The molecular formula is C35H37N5O2S. The van der Waals surface area contributed by atoms with E-state index in [4.69, 9.17) is 12.2 Å². The standard InChI is InChI=1S/C35H37N5O2S/c1-23-15-24(2)17-29(16-23)37-35(43)38-30-19-27(34(42)36-14-13-25-7-4-3-5-8-25)11-12-32(30)39-20-26-18-28(22-39)31-9-6-10-33(41)40(31)21-26/h3-12,15-17,19,26,28H,13-14,18,20-22H2,1-2H3,(H,36,42)(H2,37,38,43). The number of anilines is 3. The van der Waals surface area contributed by atoms with Crippen LogP contribution in [0.2, 0.25) is 0 Å². The zero-order valence-electron chi connectivity index (χ0n) is 24.6. The van der Waals surface area contributed by atoms with E-state index in [-0.39, 0.29) is 17.4 Å². The van der Waals surface area contributed by atoms with Crippen LogP contribution >= 0.6 is 12.2 Å². The minimum Gasteiger partial charge on any atom is -0.369 e. The summed E-state index contributed by atoms with van der Waals surface area (Å²) in [5.74, 6) is 0.499. The molecule has 1 aromatic heterocycles. The van der Waals surface area contributed by atoms with E-state index < -0.39 is 0 Å². The van der Waals surface area contributed by atoms with E-state index in [1.807, 2.05) is 47.0 Å². The van der Waals surface area contributed by atoms with Gasteiger partial charge in [0, 0.05) is 55.1 Å². The number of hydrogen-bond donors (Lipinski definition) is 3. The smallest absolute Gasteiger partial charge is 0.251 e. The minimum absolute atomic E-state index is 0.0773. The van der Waals surface area contributed by atoms with Crippen molar-refractivity contribution in [3.63, 3.8) is 0 Å². The summed E-state index contributed by atoms with van der Waals surface area (Å²) < 4.78 is 1.95. The highest BCUT2D eigenvalue weighted by Crippen LogP contribution is 2.39. The second-order valence-electron chi connectivity index (χ2n) is 11.8. The number of aromatic nitrogens is 1. The molecule has 2 aliphatic heterocycles. The van der Waals surface area contributed by atoms with Crippen molar-refractivity contribution in [2.24, 2.45) is 5.92 Å². The Kier molecular flexibility index (Phi) is 8.29. The number of benzene rings is 3. The summed E-state index contributed by atoms with van der Waals surface area (Å²) in [5, 5.41) is 10.3. The zero-order chi connectivity index (χ0) is 29.9. The number of aryl methyl sites for hydroxylation is 2. The molecule has 0 radical (unpaired) electrons. The lowest BCUT2D eigenvalue weighted by atomic mass is 9.83. The third-order valence-corrected chi connectivity index (χ3v) is 8.55. The highest BCUT2D eigenvalue weighted by atomic mass is 32.1. The third-order valence-electron chi connectivity index (χ3n) is 8.35. The molecule has 220 valence electrons. The first kappa shape index (κ1) is 28.7. The monoisotopic (exact) mass is 591 g/mol. The summed E-state index contributed by atoms with van der Waals surface area (Å²) >= 11 is 5.77. The van der Waals surface area contributed by atoms with E-state index in [0.717, 1.165) is 66.4 Å². The highest BCUT2D eigenvalue weighted by molar-refractivity contribution is 7.80. The molecule has 1 fully saturated rings. The van der Waals surface area contributed by atoms with Gasteiger partial charge in [-0.05, 0) is 97.9 Å². The molecule has 2 atom stereocenters. The van der Waals surface area contributed by atoms with Crippen LogP contribution in [-0.4, -0.2) is 35.2 Å². The van der Waals surface area contributed by atoms with E-state index in [1.165, 1.54) is 5.56 Å². The van der Waals surface area contributed by atoms with Crippen LogP contribution in [0.15, 0.2) is 89.7 Å². The van der Waals surface area contributed by atoms with Gasteiger partial charge in [0.1, 0.15) is 0 Å². The van der Waals surface area contributed by atoms with E-state index in [1.54, 1.807) is 6.07 Å². The van der Waals surface area contributed by atoms with Gasteiger partial charge in [-0.1, -0.05) is 42.5 Å². The van der Waals surface area contributed by atoms with Crippen molar-refractivity contribution in [2.45, 2.75) is 39.2 Å². The summed E-state index contributed by atoms with van der Waals surface area (Å²) in [6.07, 6.45) is 1.83.